The normalized spacial score (nSPS) is 27.4. The van der Waals surface area contributed by atoms with Crippen LogP contribution in [0.1, 0.15) is 46.0 Å². The molecule has 0 aromatic heterocycles. The van der Waals surface area contributed by atoms with Crippen LogP contribution in [0.4, 0.5) is 0 Å². The number of ether oxygens (including phenoxy) is 2. The zero-order valence-corrected chi connectivity index (χ0v) is 12.6. The molecule has 0 aliphatic heterocycles. The summed E-state index contributed by atoms with van der Waals surface area (Å²) in [6.45, 7) is 10.8. The predicted molar refractivity (Wildman–Crippen MR) is 78.2 cm³/mol. The number of rotatable bonds is 9. The first kappa shape index (κ1) is 16.7. The SMILES string of the molecule is C=C(C)C1CCC(C)CC1OCCOCCCCO. The molecular weight excluding hydrogens is 240 g/mol. The fourth-order valence-corrected chi connectivity index (χ4v) is 2.75. The topological polar surface area (TPSA) is 38.7 Å². The van der Waals surface area contributed by atoms with Gasteiger partial charge in [0.25, 0.3) is 0 Å². The lowest BCUT2D eigenvalue weighted by Gasteiger charge is -2.35. The molecule has 0 bridgehead atoms. The summed E-state index contributed by atoms with van der Waals surface area (Å²) < 4.78 is 11.5. The maximum atomic E-state index is 8.66. The van der Waals surface area contributed by atoms with E-state index < -0.39 is 0 Å². The monoisotopic (exact) mass is 270 g/mol. The average molecular weight is 270 g/mol. The summed E-state index contributed by atoms with van der Waals surface area (Å²) in [5, 5.41) is 8.66. The minimum absolute atomic E-state index is 0.250. The van der Waals surface area contributed by atoms with E-state index in [0.717, 1.165) is 31.8 Å². The largest absolute Gasteiger partial charge is 0.396 e. The van der Waals surface area contributed by atoms with Gasteiger partial charge in [-0.15, -0.1) is 0 Å². The van der Waals surface area contributed by atoms with E-state index in [2.05, 4.69) is 20.4 Å². The van der Waals surface area contributed by atoms with Crippen LogP contribution in [0.2, 0.25) is 0 Å². The van der Waals surface area contributed by atoms with Crippen molar-refractivity contribution in [3.8, 4) is 0 Å². The van der Waals surface area contributed by atoms with E-state index in [0.29, 0.717) is 25.2 Å². The molecule has 3 heteroatoms. The highest BCUT2D eigenvalue weighted by atomic mass is 16.5. The van der Waals surface area contributed by atoms with E-state index in [1.165, 1.54) is 18.4 Å². The van der Waals surface area contributed by atoms with Crippen molar-refractivity contribution in [2.45, 2.75) is 52.1 Å². The molecule has 0 spiro atoms. The molecule has 0 saturated heterocycles. The number of hydrogen-bond acceptors (Lipinski definition) is 3. The fourth-order valence-electron chi connectivity index (χ4n) is 2.75. The van der Waals surface area contributed by atoms with Gasteiger partial charge in [-0.25, -0.2) is 0 Å². The van der Waals surface area contributed by atoms with Crippen molar-refractivity contribution >= 4 is 0 Å². The fraction of sp³-hybridized carbons (Fsp3) is 0.875. The first-order chi connectivity index (χ1) is 9.15. The van der Waals surface area contributed by atoms with Crippen molar-refractivity contribution in [3.05, 3.63) is 12.2 Å². The minimum Gasteiger partial charge on any atom is -0.396 e. The summed E-state index contributed by atoms with van der Waals surface area (Å²) in [6.07, 6.45) is 5.70. The summed E-state index contributed by atoms with van der Waals surface area (Å²) in [5.41, 5.74) is 1.25. The lowest BCUT2D eigenvalue weighted by Crippen LogP contribution is -2.32. The van der Waals surface area contributed by atoms with Crippen LogP contribution in [0, 0.1) is 11.8 Å². The van der Waals surface area contributed by atoms with Crippen LogP contribution in [0.5, 0.6) is 0 Å². The maximum absolute atomic E-state index is 8.66. The predicted octanol–water partition coefficient (Wildman–Crippen LogP) is 3.17. The molecule has 3 unspecified atom stereocenters. The molecule has 112 valence electrons. The smallest absolute Gasteiger partial charge is 0.0704 e. The lowest BCUT2D eigenvalue weighted by molar-refractivity contribution is -0.0388. The first-order valence-electron chi connectivity index (χ1n) is 7.60. The lowest BCUT2D eigenvalue weighted by atomic mass is 9.78. The van der Waals surface area contributed by atoms with Gasteiger partial charge in [-0.05, 0) is 44.9 Å². The van der Waals surface area contributed by atoms with Gasteiger partial charge in [-0.3, -0.25) is 0 Å². The Labute approximate surface area is 118 Å². The highest BCUT2D eigenvalue weighted by Gasteiger charge is 2.29. The van der Waals surface area contributed by atoms with E-state index in [1.54, 1.807) is 0 Å². The van der Waals surface area contributed by atoms with Crippen LogP contribution < -0.4 is 0 Å². The summed E-state index contributed by atoms with van der Waals surface area (Å²) in [4.78, 5) is 0. The summed E-state index contributed by atoms with van der Waals surface area (Å²) in [5.74, 6) is 1.27. The third-order valence-corrected chi connectivity index (χ3v) is 3.94. The van der Waals surface area contributed by atoms with Crippen LogP contribution in [-0.2, 0) is 9.47 Å². The quantitative estimate of drug-likeness (QED) is 0.516. The molecule has 1 N–H and O–H groups in total. The Morgan fingerprint density at radius 1 is 1.21 bits per heavy atom. The van der Waals surface area contributed by atoms with Crippen LogP contribution in [-0.4, -0.2) is 37.6 Å². The minimum atomic E-state index is 0.250. The molecule has 1 aliphatic carbocycles. The van der Waals surface area contributed by atoms with Crippen LogP contribution in [0.25, 0.3) is 0 Å². The highest BCUT2D eigenvalue weighted by Crippen LogP contribution is 2.34. The summed E-state index contributed by atoms with van der Waals surface area (Å²) in [6, 6.07) is 0. The molecule has 0 amide bonds. The van der Waals surface area contributed by atoms with Gasteiger partial charge in [0.05, 0.1) is 19.3 Å². The van der Waals surface area contributed by atoms with Gasteiger partial charge < -0.3 is 14.6 Å². The number of aliphatic hydroxyl groups is 1. The molecule has 3 atom stereocenters. The van der Waals surface area contributed by atoms with Gasteiger partial charge in [0.1, 0.15) is 0 Å². The second-order valence-electron chi connectivity index (χ2n) is 5.82. The molecule has 3 nitrogen and oxygen atoms in total. The zero-order chi connectivity index (χ0) is 14.1. The van der Waals surface area contributed by atoms with Crippen molar-refractivity contribution in [2.24, 2.45) is 11.8 Å². The maximum Gasteiger partial charge on any atom is 0.0704 e. The van der Waals surface area contributed by atoms with Gasteiger partial charge >= 0.3 is 0 Å². The number of hydrogen-bond donors (Lipinski definition) is 1. The molecule has 1 saturated carbocycles. The Morgan fingerprint density at radius 3 is 2.68 bits per heavy atom. The molecule has 0 aromatic rings. The van der Waals surface area contributed by atoms with Gasteiger partial charge in [0.15, 0.2) is 0 Å². The Morgan fingerprint density at radius 2 is 2.00 bits per heavy atom. The molecular formula is C16H30O3. The average Bonchev–Trinajstić information content (AvgIpc) is 2.37. The van der Waals surface area contributed by atoms with E-state index in [9.17, 15) is 0 Å². The van der Waals surface area contributed by atoms with Crippen LogP contribution in [0.15, 0.2) is 12.2 Å². The van der Waals surface area contributed by atoms with Gasteiger partial charge in [-0.1, -0.05) is 19.1 Å². The second kappa shape index (κ2) is 9.51. The van der Waals surface area contributed by atoms with Crippen molar-refractivity contribution in [1.82, 2.24) is 0 Å². The van der Waals surface area contributed by atoms with E-state index in [-0.39, 0.29) is 6.61 Å². The number of aliphatic hydroxyl groups excluding tert-OH is 1. The molecule has 0 heterocycles. The third-order valence-electron chi connectivity index (χ3n) is 3.94. The van der Waals surface area contributed by atoms with Crippen LogP contribution >= 0.6 is 0 Å². The standard InChI is InChI=1S/C16H30O3/c1-13(2)15-7-6-14(3)12-16(15)19-11-10-18-9-5-4-8-17/h14-17H,1,4-12H2,2-3H3. The van der Waals surface area contributed by atoms with Gasteiger partial charge in [0, 0.05) is 19.1 Å². The molecule has 0 aromatic carbocycles. The van der Waals surface area contributed by atoms with Gasteiger partial charge in [-0.2, -0.15) is 0 Å². The van der Waals surface area contributed by atoms with Crippen molar-refractivity contribution in [2.75, 3.05) is 26.4 Å². The molecule has 0 radical (unpaired) electrons. The molecule has 19 heavy (non-hydrogen) atoms. The van der Waals surface area contributed by atoms with Crippen LogP contribution in [0.3, 0.4) is 0 Å². The Balaban J connectivity index is 2.16. The second-order valence-corrected chi connectivity index (χ2v) is 5.82. The van der Waals surface area contributed by atoms with Gasteiger partial charge in [0.2, 0.25) is 0 Å². The van der Waals surface area contributed by atoms with E-state index >= 15 is 0 Å². The Bertz CT molecular complexity index is 252. The molecule has 1 rings (SSSR count). The van der Waals surface area contributed by atoms with E-state index in [4.69, 9.17) is 14.6 Å². The van der Waals surface area contributed by atoms with Crippen molar-refractivity contribution in [1.29, 1.82) is 0 Å². The Kier molecular flexibility index (Phi) is 8.35. The van der Waals surface area contributed by atoms with Crippen molar-refractivity contribution < 1.29 is 14.6 Å². The summed E-state index contributed by atoms with van der Waals surface area (Å²) in [7, 11) is 0. The third kappa shape index (κ3) is 6.55. The van der Waals surface area contributed by atoms with Crippen molar-refractivity contribution in [3.63, 3.8) is 0 Å². The Hall–Kier alpha value is -0.380. The van der Waals surface area contributed by atoms with E-state index in [1.807, 2.05) is 0 Å². The number of unbranched alkanes of at least 4 members (excludes halogenated alkanes) is 1. The molecule has 1 fully saturated rings. The summed E-state index contributed by atoms with van der Waals surface area (Å²) >= 11 is 0. The zero-order valence-electron chi connectivity index (χ0n) is 12.6. The highest BCUT2D eigenvalue weighted by molar-refractivity contribution is 5.02. The first-order valence-corrected chi connectivity index (χ1v) is 7.60. The molecule has 1 aliphatic rings.